The first kappa shape index (κ1) is 18.5. The van der Waals surface area contributed by atoms with Crippen LogP contribution in [0.25, 0.3) is 32.5 Å². The molecule has 5 rings (SSSR count). The summed E-state index contributed by atoms with van der Waals surface area (Å²) in [6, 6.07) is 7.59. The SMILES string of the molecule is Cn1cc2cc(-c3ccc4cc(C(O)C5CC(C(F)(F)F)C5)sc4n3)cnc2n1. The van der Waals surface area contributed by atoms with E-state index in [4.69, 9.17) is 0 Å². The molecule has 4 aromatic rings. The van der Waals surface area contributed by atoms with Gasteiger partial charge in [-0.25, -0.2) is 9.97 Å². The first-order valence-electron chi connectivity index (χ1n) is 9.23. The van der Waals surface area contributed by atoms with Crippen LogP contribution in [0.3, 0.4) is 0 Å². The van der Waals surface area contributed by atoms with Crippen LogP contribution in [0, 0.1) is 11.8 Å². The molecule has 0 aliphatic heterocycles. The van der Waals surface area contributed by atoms with Gasteiger partial charge in [0.2, 0.25) is 0 Å². The van der Waals surface area contributed by atoms with Crippen molar-refractivity contribution in [2.45, 2.75) is 25.1 Å². The molecule has 1 unspecified atom stereocenters. The van der Waals surface area contributed by atoms with E-state index in [2.05, 4.69) is 15.1 Å². The lowest BCUT2D eigenvalue weighted by molar-refractivity contribution is -0.212. The van der Waals surface area contributed by atoms with Crippen LogP contribution in [0.1, 0.15) is 23.8 Å². The molecular formula is C20H17F3N4OS. The first-order chi connectivity index (χ1) is 13.8. The third-order valence-corrected chi connectivity index (χ3v) is 6.66. The summed E-state index contributed by atoms with van der Waals surface area (Å²) in [4.78, 5) is 10.4. The number of hydrogen-bond donors (Lipinski definition) is 1. The second-order valence-corrected chi connectivity index (χ2v) is 8.66. The lowest BCUT2D eigenvalue weighted by Crippen LogP contribution is -2.38. The zero-order valence-corrected chi connectivity index (χ0v) is 16.2. The van der Waals surface area contributed by atoms with Crippen LogP contribution in [-0.4, -0.2) is 31.0 Å². The molecule has 1 aliphatic carbocycles. The van der Waals surface area contributed by atoms with Gasteiger partial charge in [-0.3, -0.25) is 4.68 Å². The predicted octanol–water partition coefficient (Wildman–Crippen LogP) is 4.87. The number of alkyl halides is 3. The molecule has 0 amide bonds. The molecule has 0 bridgehead atoms. The molecule has 9 heteroatoms. The number of halogens is 3. The summed E-state index contributed by atoms with van der Waals surface area (Å²) in [7, 11) is 1.84. The summed E-state index contributed by atoms with van der Waals surface area (Å²) in [6.45, 7) is 0. The molecule has 0 saturated heterocycles. The molecule has 4 aromatic heterocycles. The standard InChI is InChI=1S/C20H17F3N4OS/c1-27-9-13-4-12(8-24-18(13)26-27)15-3-2-10-7-16(29-19(10)25-15)17(28)11-5-14(6-11)20(21,22)23/h2-4,7-9,11,14,17,28H,5-6H2,1H3. The number of pyridine rings is 2. The van der Waals surface area contributed by atoms with Crippen molar-refractivity contribution in [2.75, 3.05) is 0 Å². The Kier molecular flexibility index (Phi) is 4.15. The van der Waals surface area contributed by atoms with Crippen molar-refractivity contribution >= 4 is 32.6 Å². The second-order valence-electron chi connectivity index (χ2n) is 7.59. The van der Waals surface area contributed by atoms with Gasteiger partial charge in [-0.2, -0.15) is 18.3 Å². The van der Waals surface area contributed by atoms with Gasteiger partial charge in [0.25, 0.3) is 0 Å². The fourth-order valence-electron chi connectivity index (χ4n) is 3.84. The van der Waals surface area contributed by atoms with Crippen LogP contribution in [-0.2, 0) is 7.05 Å². The fraction of sp³-hybridized carbons (Fsp3) is 0.350. The molecule has 1 N–H and O–H groups in total. The van der Waals surface area contributed by atoms with Gasteiger partial charge in [-0.05, 0) is 43.0 Å². The Morgan fingerprint density at radius 1 is 1.21 bits per heavy atom. The number of nitrogens with zero attached hydrogens (tertiary/aromatic N) is 4. The molecule has 1 aliphatic rings. The molecule has 0 spiro atoms. The van der Waals surface area contributed by atoms with Gasteiger partial charge in [-0.15, -0.1) is 11.3 Å². The number of hydrogen-bond acceptors (Lipinski definition) is 5. The van der Waals surface area contributed by atoms with Crippen molar-refractivity contribution in [1.82, 2.24) is 19.7 Å². The van der Waals surface area contributed by atoms with Gasteiger partial charge in [-0.1, -0.05) is 0 Å². The van der Waals surface area contributed by atoms with Crippen LogP contribution < -0.4 is 0 Å². The van der Waals surface area contributed by atoms with Gasteiger partial charge in [0, 0.05) is 40.7 Å². The summed E-state index contributed by atoms with van der Waals surface area (Å²) in [5.41, 5.74) is 2.27. The monoisotopic (exact) mass is 418 g/mol. The number of aliphatic hydroxyl groups excluding tert-OH is 1. The lowest BCUT2D eigenvalue weighted by Gasteiger charge is -2.38. The van der Waals surface area contributed by atoms with E-state index >= 15 is 0 Å². The molecule has 150 valence electrons. The number of aryl methyl sites for hydroxylation is 1. The van der Waals surface area contributed by atoms with Gasteiger partial charge in [0.15, 0.2) is 5.65 Å². The summed E-state index contributed by atoms with van der Waals surface area (Å²) in [5, 5.41) is 16.6. The molecule has 0 radical (unpaired) electrons. The smallest absolute Gasteiger partial charge is 0.387 e. The van der Waals surface area contributed by atoms with Crippen molar-refractivity contribution < 1.29 is 18.3 Å². The third-order valence-electron chi connectivity index (χ3n) is 5.55. The molecular weight excluding hydrogens is 401 g/mol. The van der Waals surface area contributed by atoms with Gasteiger partial charge in [0.05, 0.1) is 17.7 Å². The number of aromatic nitrogens is 4. The summed E-state index contributed by atoms with van der Waals surface area (Å²) in [6.07, 6.45) is -1.49. The normalized spacial score (nSPS) is 20.9. The predicted molar refractivity (Wildman–Crippen MR) is 104 cm³/mol. The van der Waals surface area contributed by atoms with E-state index < -0.39 is 18.2 Å². The molecule has 1 fully saturated rings. The molecule has 29 heavy (non-hydrogen) atoms. The minimum atomic E-state index is -4.17. The van der Waals surface area contributed by atoms with Crippen LogP contribution in [0.5, 0.6) is 0 Å². The van der Waals surface area contributed by atoms with Crippen LogP contribution in [0.4, 0.5) is 13.2 Å². The van der Waals surface area contributed by atoms with Crippen molar-refractivity contribution in [3.8, 4) is 11.3 Å². The van der Waals surface area contributed by atoms with Crippen LogP contribution in [0.15, 0.2) is 36.7 Å². The highest BCUT2D eigenvalue weighted by Crippen LogP contribution is 2.50. The molecule has 1 saturated carbocycles. The average molecular weight is 418 g/mol. The van der Waals surface area contributed by atoms with Crippen LogP contribution >= 0.6 is 11.3 Å². The fourth-order valence-corrected chi connectivity index (χ4v) is 4.95. The van der Waals surface area contributed by atoms with Crippen molar-refractivity contribution in [3.05, 3.63) is 41.5 Å². The Labute approximate surface area is 167 Å². The van der Waals surface area contributed by atoms with E-state index in [0.717, 1.165) is 26.9 Å². The van der Waals surface area contributed by atoms with E-state index in [1.54, 1.807) is 10.9 Å². The van der Waals surface area contributed by atoms with Gasteiger partial charge < -0.3 is 5.11 Å². The average Bonchev–Trinajstić information content (AvgIpc) is 3.19. The van der Waals surface area contributed by atoms with E-state index in [9.17, 15) is 18.3 Å². The van der Waals surface area contributed by atoms with Crippen molar-refractivity contribution in [1.29, 1.82) is 0 Å². The molecule has 0 aromatic carbocycles. The summed E-state index contributed by atoms with van der Waals surface area (Å²) < 4.78 is 39.8. The zero-order chi connectivity index (χ0) is 20.3. The first-order valence-corrected chi connectivity index (χ1v) is 10.0. The molecule has 1 atom stereocenters. The largest absolute Gasteiger partial charge is 0.391 e. The Morgan fingerprint density at radius 2 is 2.00 bits per heavy atom. The van der Waals surface area contributed by atoms with Gasteiger partial charge >= 0.3 is 6.18 Å². The summed E-state index contributed by atoms with van der Waals surface area (Å²) >= 11 is 1.33. The van der Waals surface area contributed by atoms with E-state index in [0.29, 0.717) is 10.5 Å². The molecule has 4 heterocycles. The Balaban J connectivity index is 1.41. The van der Waals surface area contributed by atoms with Crippen molar-refractivity contribution in [2.24, 2.45) is 18.9 Å². The van der Waals surface area contributed by atoms with Gasteiger partial charge in [0.1, 0.15) is 4.83 Å². The van der Waals surface area contributed by atoms with E-state index in [1.807, 2.05) is 37.5 Å². The van der Waals surface area contributed by atoms with Crippen LogP contribution in [0.2, 0.25) is 0 Å². The Morgan fingerprint density at radius 3 is 2.76 bits per heavy atom. The van der Waals surface area contributed by atoms with E-state index in [1.165, 1.54) is 11.3 Å². The highest BCUT2D eigenvalue weighted by molar-refractivity contribution is 7.18. The number of fused-ring (bicyclic) bond motifs is 2. The maximum absolute atomic E-state index is 12.7. The minimum Gasteiger partial charge on any atom is -0.387 e. The number of thiophene rings is 1. The van der Waals surface area contributed by atoms with Crippen molar-refractivity contribution in [3.63, 3.8) is 0 Å². The highest BCUT2D eigenvalue weighted by Gasteiger charge is 2.50. The molecule has 5 nitrogen and oxygen atoms in total. The maximum Gasteiger partial charge on any atom is 0.391 e. The quantitative estimate of drug-likeness (QED) is 0.516. The Bertz CT molecular complexity index is 1210. The number of aliphatic hydroxyl groups is 1. The minimum absolute atomic E-state index is 0.0195. The number of rotatable bonds is 3. The van der Waals surface area contributed by atoms with E-state index in [-0.39, 0.29) is 18.8 Å². The highest BCUT2D eigenvalue weighted by atomic mass is 32.1. The second kappa shape index (κ2) is 6.50. The zero-order valence-electron chi connectivity index (χ0n) is 15.4. The lowest BCUT2D eigenvalue weighted by atomic mass is 9.71. The topological polar surface area (TPSA) is 63.8 Å². The third kappa shape index (κ3) is 3.28. The summed E-state index contributed by atoms with van der Waals surface area (Å²) in [5.74, 6) is -1.65. The maximum atomic E-state index is 12.7. The Hall–Kier alpha value is -2.52.